The predicted octanol–water partition coefficient (Wildman–Crippen LogP) is -5.98. The molecule has 0 aliphatic rings. The minimum atomic E-state index is -1.82. The Balaban J connectivity index is -0.0000000982. The summed E-state index contributed by atoms with van der Waals surface area (Å²) in [7, 11) is 0. The van der Waals surface area contributed by atoms with Gasteiger partial charge in [0, 0.05) is 13.1 Å². The van der Waals surface area contributed by atoms with Gasteiger partial charge in [-0.25, -0.2) is 59.7 Å². The number of unbranched alkanes of at least 4 members (excludes halogenated alkanes) is 2. The van der Waals surface area contributed by atoms with Crippen molar-refractivity contribution >= 4 is 71.5 Å². The van der Waals surface area contributed by atoms with Gasteiger partial charge in [-0.2, -0.15) is 0 Å². The molecular formula is C24H44N6O24. The molecule has 0 aliphatic carbocycles. The van der Waals surface area contributed by atoms with E-state index >= 15 is 0 Å². The van der Waals surface area contributed by atoms with Crippen LogP contribution in [0, 0.1) is 0 Å². The van der Waals surface area contributed by atoms with Gasteiger partial charge in [0.1, 0.15) is 12.1 Å². The largest absolute Gasteiger partial charge is 0.473 e. The molecule has 0 saturated carbocycles. The Morgan fingerprint density at radius 3 is 0.704 bits per heavy atom. The van der Waals surface area contributed by atoms with E-state index in [-0.39, 0.29) is 25.0 Å². The van der Waals surface area contributed by atoms with Crippen LogP contribution in [0.2, 0.25) is 0 Å². The van der Waals surface area contributed by atoms with Crippen molar-refractivity contribution in [1.29, 1.82) is 0 Å². The zero-order valence-corrected chi connectivity index (χ0v) is 28.3. The Labute approximate surface area is 302 Å². The molecule has 30 heteroatoms. The number of nitrogens with two attached hydrogens (primary N) is 4. The first kappa shape index (κ1) is 62.5. The smallest absolute Gasteiger partial charge is 0.414 e. The maximum absolute atomic E-state index is 11.0. The van der Waals surface area contributed by atoms with Crippen molar-refractivity contribution in [3.05, 3.63) is 0 Å². The average Bonchev–Trinajstić information content (AvgIpc) is 3.06. The second-order valence-corrected chi connectivity index (χ2v) is 8.22. The van der Waals surface area contributed by atoms with E-state index in [4.69, 9.17) is 122 Å². The van der Waals surface area contributed by atoms with Crippen molar-refractivity contribution in [2.45, 2.75) is 51.6 Å². The third kappa shape index (κ3) is 64.0. The molecule has 0 aliphatic heterocycles. The lowest BCUT2D eigenvalue weighted by molar-refractivity contribution is -0.159. The molecule has 0 aromatic carbocycles. The van der Waals surface area contributed by atoms with Gasteiger partial charge in [-0.3, -0.25) is 9.59 Å². The Hall–Kier alpha value is -6.60. The Morgan fingerprint density at radius 2 is 0.593 bits per heavy atom. The number of amides is 2. The zero-order chi connectivity index (χ0) is 44.6. The van der Waals surface area contributed by atoms with Gasteiger partial charge < -0.3 is 82.8 Å². The molecule has 0 aromatic heterocycles. The summed E-state index contributed by atoms with van der Waals surface area (Å²) in [6.45, 7) is 5.53. The predicted molar refractivity (Wildman–Crippen MR) is 168 cm³/mol. The molecule has 0 unspecified atom stereocenters. The van der Waals surface area contributed by atoms with Gasteiger partial charge in [-0.1, -0.05) is 26.7 Å². The fourth-order valence-electron chi connectivity index (χ4n) is 1.40. The quantitative estimate of drug-likeness (QED) is 0.0496. The van der Waals surface area contributed by atoms with E-state index < -0.39 is 71.8 Å². The molecule has 0 bridgehead atoms. The summed E-state index contributed by atoms with van der Waals surface area (Å²) in [4.78, 5) is 122. The lowest BCUT2D eigenvalue weighted by Crippen LogP contribution is -2.44. The summed E-state index contributed by atoms with van der Waals surface area (Å²) in [5.74, 6) is -9.14. The van der Waals surface area contributed by atoms with Crippen LogP contribution in [0.4, 0.5) is 0 Å². The molecule has 0 rings (SSSR count). The van der Waals surface area contributed by atoms with Crippen molar-refractivity contribution in [2.75, 3.05) is 26.3 Å². The molecular weight excluding hydrogens is 756 g/mol. The maximum Gasteiger partial charge on any atom is 0.414 e. The van der Waals surface area contributed by atoms with Gasteiger partial charge in [-0.05, 0) is 12.8 Å². The Bertz CT molecular complexity index is 966. The molecule has 0 saturated heterocycles. The molecule has 30 nitrogen and oxygen atoms in total. The van der Waals surface area contributed by atoms with Crippen molar-refractivity contribution in [3.63, 3.8) is 0 Å². The highest BCUT2D eigenvalue weighted by molar-refractivity contribution is 6.28. The number of carbonyl (C=O) groups excluding carboxylic acids is 2. The second kappa shape index (κ2) is 42.6. The highest BCUT2D eigenvalue weighted by Crippen LogP contribution is 1.85. The first-order valence-electron chi connectivity index (χ1n) is 13.7. The molecule has 0 heterocycles. The summed E-state index contributed by atoms with van der Waals surface area (Å²) < 4.78 is 0. The van der Waals surface area contributed by atoms with Gasteiger partial charge in [0.25, 0.3) is 0 Å². The van der Waals surface area contributed by atoms with E-state index in [9.17, 15) is 9.59 Å². The molecule has 20 N–H and O–H groups in total. The fourth-order valence-corrected chi connectivity index (χ4v) is 1.40. The van der Waals surface area contributed by atoms with E-state index in [1.165, 1.54) is 0 Å². The first-order valence-corrected chi connectivity index (χ1v) is 13.7. The van der Waals surface area contributed by atoms with Gasteiger partial charge in [0.05, 0.1) is 13.2 Å². The fraction of sp³-hybridized carbons (Fsp3) is 0.500. The lowest BCUT2D eigenvalue weighted by Gasteiger charge is -2.09. The van der Waals surface area contributed by atoms with E-state index in [2.05, 4.69) is 34.2 Å². The number of hydrogen-bond acceptors (Lipinski definition) is 18. The van der Waals surface area contributed by atoms with E-state index in [0.29, 0.717) is 13.1 Å². The molecule has 54 heavy (non-hydrogen) atoms. The van der Waals surface area contributed by atoms with Crippen LogP contribution in [0.5, 0.6) is 0 Å². The summed E-state index contributed by atoms with van der Waals surface area (Å²) in [5.41, 5.74) is 10.8. The SMILES string of the molecule is CCCCNC(=O)[C@H](N)CON.CCCCNC(=O)[C@H](N)CON.O=C(O)C(=O)O.O=C(O)C(=O)O.O=C(O)C(=O)O.O=C(O)C(=O)O.O=C(O)C(=O)O. The monoisotopic (exact) mass is 800 g/mol. The van der Waals surface area contributed by atoms with Crippen molar-refractivity contribution in [1.82, 2.24) is 10.6 Å². The molecule has 2 amide bonds. The average molecular weight is 801 g/mol. The van der Waals surface area contributed by atoms with Crippen molar-refractivity contribution in [3.8, 4) is 0 Å². The number of carboxylic acid groups (broad SMARTS) is 10. The maximum atomic E-state index is 11.0. The van der Waals surface area contributed by atoms with E-state index in [1.807, 2.05) is 0 Å². The molecule has 0 spiro atoms. The number of rotatable bonds is 12. The number of nitrogens with one attached hydrogen (secondary N) is 2. The van der Waals surface area contributed by atoms with Crippen LogP contribution in [-0.4, -0.2) is 161 Å². The van der Waals surface area contributed by atoms with Gasteiger partial charge in [0.2, 0.25) is 11.8 Å². The molecule has 0 aromatic rings. The number of carboxylic acids is 10. The van der Waals surface area contributed by atoms with Gasteiger partial charge in [0.15, 0.2) is 0 Å². The van der Waals surface area contributed by atoms with Crippen LogP contribution in [0.15, 0.2) is 0 Å². The molecule has 2 atom stereocenters. The summed E-state index contributed by atoms with van der Waals surface area (Å²) >= 11 is 0. The number of aliphatic carboxylic acids is 10. The third-order valence-corrected chi connectivity index (χ3v) is 3.80. The highest BCUT2D eigenvalue weighted by atomic mass is 16.6. The normalized spacial score (nSPS) is 9.67. The van der Waals surface area contributed by atoms with Crippen molar-refractivity contribution < 1.29 is 118 Å². The summed E-state index contributed by atoms with van der Waals surface area (Å²) in [6.07, 6.45) is 4.01. The summed E-state index contributed by atoms with van der Waals surface area (Å²) in [5, 5.41) is 79.2. The minimum Gasteiger partial charge on any atom is -0.473 e. The number of hydrogen-bond donors (Lipinski definition) is 16. The minimum absolute atomic E-state index is 0.0535. The lowest BCUT2D eigenvalue weighted by atomic mass is 10.3. The van der Waals surface area contributed by atoms with Crippen LogP contribution >= 0.6 is 0 Å². The summed E-state index contributed by atoms with van der Waals surface area (Å²) in [6, 6.07) is -1.32. The van der Waals surface area contributed by atoms with Gasteiger partial charge in [-0.15, -0.1) is 0 Å². The number of carbonyl (C=O) groups is 12. The van der Waals surface area contributed by atoms with Crippen LogP contribution in [0.3, 0.4) is 0 Å². The third-order valence-electron chi connectivity index (χ3n) is 3.80. The second-order valence-electron chi connectivity index (χ2n) is 8.22. The van der Waals surface area contributed by atoms with E-state index in [0.717, 1.165) is 25.7 Å². The van der Waals surface area contributed by atoms with E-state index in [1.54, 1.807) is 0 Å². The molecule has 0 fully saturated rings. The van der Waals surface area contributed by atoms with Crippen LogP contribution in [-0.2, 0) is 67.2 Å². The highest BCUT2D eigenvalue weighted by Gasteiger charge is 2.12. The van der Waals surface area contributed by atoms with Crippen molar-refractivity contribution in [2.24, 2.45) is 23.3 Å². The Kier molecular flexibility index (Phi) is 49.3. The standard InChI is InChI=1S/2C7H17N3O2.5C2H2O4/c2*1-2-3-4-10-7(11)6(8)5-12-9;5*3-1(4)2(5)6/h2*6H,2-5,8-9H2,1H3,(H,10,11);5*(H,3,4)(H,5,6)/t2*6-;;;;;/m11...../s1. The van der Waals surface area contributed by atoms with Crippen LogP contribution in [0.1, 0.15) is 39.5 Å². The van der Waals surface area contributed by atoms with Gasteiger partial charge >= 0.3 is 59.7 Å². The first-order chi connectivity index (χ1) is 24.7. The molecule has 314 valence electrons. The van der Waals surface area contributed by atoms with Crippen LogP contribution < -0.4 is 33.9 Å². The Morgan fingerprint density at radius 1 is 0.426 bits per heavy atom. The topological polar surface area (TPSA) is 554 Å². The molecule has 0 radical (unpaired) electrons. The zero-order valence-electron chi connectivity index (χ0n) is 28.3. The van der Waals surface area contributed by atoms with Crippen LogP contribution in [0.25, 0.3) is 0 Å².